The van der Waals surface area contributed by atoms with E-state index in [1.165, 1.54) is 10.7 Å². The molecule has 0 aliphatic rings. The number of carbonyl (C=O) groups is 1. The van der Waals surface area contributed by atoms with Gasteiger partial charge in [0, 0.05) is 12.3 Å². The van der Waals surface area contributed by atoms with Crippen LogP contribution in [0.3, 0.4) is 0 Å². The molecule has 1 heterocycles. The molecule has 0 radical (unpaired) electrons. The molecular formula is C15H20FN5O2. The van der Waals surface area contributed by atoms with Gasteiger partial charge in [-0.3, -0.25) is 4.79 Å². The van der Waals surface area contributed by atoms with Gasteiger partial charge in [0.05, 0.1) is 11.6 Å². The van der Waals surface area contributed by atoms with Crippen LogP contribution in [0.4, 0.5) is 10.1 Å². The molecule has 23 heavy (non-hydrogen) atoms. The van der Waals surface area contributed by atoms with Gasteiger partial charge in [0.15, 0.2) is 5.82 Å². The van der Waals surface area contributed by atoms with Gasteiger partial charge >= 0.3 is 0 Å². The molecule has 2 aromatic rings. The third kappa shape index (κ3) is 3.89. The van der Waals surface area contributed by atoms with Gasteiger partial charge in [-0.2, -0.15) is 0 Å². The highest BCUT2D eigenvalue weighted by atomic mass is 19.1. The molecule has 0 aliphatic carbocycles. The van der Waals surface area contributed by atoms with E-state index >= 15 is 0 Å². The molecule has 1 unspecified atom stereocenters. The van der Waals surface area contributed by atoms with Crippen molar-refractivity contribution in [3.8, 4) is 11.4 Å². The topological polar surface area (TPSA) is 81.9 Å². The lowest BCUT2D eigenvalue weighted by Crippen LogP contribution is -2.27. The predicted molar refractivity (Wildman–Crippen MR) is 83.3 cm³/mol. The average molecular weight is 321 g/mol. The van der Waals surface area contributed by atoms with Gasteiger partial charge in [-0.15, -0.1) is 5.10 Å². The zero-order valence-electron chi connectivity index (χ0n) is 13.6. The number of anilines is 1. The number of nitrogens with zero attached hydrogens (tertiary/aromatic N) is 4. The largest absolute Gasteiger partial charge is 0.369 e. The molecule has 124 valence electrons. The third-order valence-corrected chi connectivity index (χ3v) is 3.25. The standard InChI is InChI=1S/C15H20FN5O2/c1-5-23-10(4)15(22)17-11-6-7-12(13(16)8-11)14-18-19-20-21(14)9(2)3/h6-10H,5H2,1-4H3,(H,17,22). The molecule has 0 bridgehead atoms. The van der Waals surface area contributed by atoms with Crippen molar-refractivity contribution in [1.82, 2.24) is 20.2 Å². The number of amides is 1. The molecule has 1 atom stereocenters. The average Bonchev–Trinajstić information content (AvgIpc) is 2.97. The minimum absolute atomic E-state index is 0.00539. The van der Waals surface area contributed by atoms with Crippen LogP contribution < -0.4 is 5.32 Å². The second-order valence-corrected chi connectivity index (χ2v) is 5.32. The summed E-state index contributed by atoms with van der Waals surface area (Å²) in [6, 6.07) is 4.39. The fourth-order valence-corrected chi connectivity index (χ4v) is 2.06. The van der Waals surface area contributed by atoms with Crippen LogP contribution in [0.5, 0.6) is 0 Å². The molecule has 8 heteroatoms. The van der Waals surface area contributed by atoms with Crippen LogP contribution in [0, 0.1) is 5.82 Å². The molecule has 1 N–H and O–H groups in total. The summed E-state index contributed by atoms with van der Waals surface area (Å²) in [6.45, 7) is 7.68. The number of aromatic nitrogens is 4. The lowest BCUT2D eigenvalue weighted by atomic mass is 10.1. The maximum Gasteiger partial charge on any atom is 0.253 e. The monoisotopic (exact) mass is 321 g/mol. The lowest BCUT2D eigenvalue weighted by Gasteiger charge is -2.13. The summed E-state index contributed by atoms with van der Waals surface area (Å²) in [5.74, 6) is -0.493. The molecule has 0 spiro atoms. The maximum atomic E-state index is 14.4. The van der Waals surface area contributed by atoms with E-state index in [9.17, 15) is 9.18 Å². The highest BCUT2D eigenvalue weighted by Gasteiger charge is 2.17. The second kappa shape index (κ2) is 7.28. The number of benzene rings is 1. The molecule has 0 saturated carbocycles. The molecule has 1 aromatic carbocycles. The van der Waals surface area contributed by atoms with Crippen molar-refractivity contribution in [3.63, 3.8) is 0 Å². The summed E-state index contributed by atoms with van der Waals surface area (Å²) in [6.07, 6.45) is -0.601. The van der Waals surface area contributed by atoms with E-state index in [1.54, 1.807) is 26.0 Å². The Morgan fingerprint density at radius 3 is 2.74 bits per heavy atom. The van der Waals surface area contributed by atoms with Gasteiger partial charge in [0.2, 0.25) is 0 Å². The van der Waals surface area contributed by atoms with E-state index < -0.39 is 11.9 Å². The quantitative estimate of drug-likeness (QED) is 0.883. The van der Waals surface area contributed by atoms with E-state index in [-0.39, 0.29) is 17.5 Å². The zero-order valence-corrected chi connectivity index (χ0v) is 13.6. The number of hydrogen-bond donors (Lipinski definition) is 1. The lowest BCUT2D eigenvalue weighted by molar-refractivity contribution is -0.126. The summed E-state index contributed by atoms with van der Waals surface area (Å²) in [5.41, 5.74) is 0.630. The van der Waals surface area contributed by atoms with Gasteiger partial charge in [-0.1, -0.05) is 0 Å². The SMILES string of the molecule is CCOC(C)C(=O)Nc1ccc(-c2nnnn2C(C)C)c(F)c1. The molecular weight excluding hydrogens is 301 g/mol. The molecule has 1 aromatic heterocycles. The summed E-state index contributed by atoms with van der Waals surface area (Å²) in [5, 5.41) is 13.9. The smallest absolute Gasteiger partial charge is 0.253 e. The first-order chi connectivity index (χ1) is 10.9. The number of ether oxygens (including phenoxy) is 1. The Kier molecular flexibility index (Phi) is 5.38. The van der Waals surface area contributed by atoms with E-state index in [1.807, 2.05) is 13.8 Å². The van der Waals surface area contributed by atoms with E-state index in [0.717, 1.165) is 0 Å². The van der Waals surface area contributed by atoms with Crippen LogP contribution in [0.15, 0.2) is 18.2 Å². The molecule has 1 amide bonds. The summed E-state index contributed by atoms with van der Waals surface area (Å²) >= 11 is 0. The molecule has 7 nitrogen and oxygen atoms in total. The van der Waals surface area contributed by atoms with E-state index in [2.05, 4.69) is 20.8 Å². The van der Waals surface area contributed by atoms with Crippen molar-refractivity contribution in [2.75, 3.05) is 11.9 Å². The van der Waals surface area contributed by atoms with E-state index in [0.29, 0.717) is 18.1 Å². The Bertz CT molecular complexity index is 686. The van der Waals surface area contributed by atoms with Gasteiger partial charge in [-0.05, 0) is 56.3 Å². The summed E-state index contributed by atoms with van der Waals surface area (Å²) < 4.78 is 21.1. The normalized spacial score (nSPS) is 12.4. The first kappa shape index (κ1) is 17.0. The summed E-state index contributed by atoms with van der Waals surface area (Å²) in [4.78, 5) is 11.9. The number of rotatable bonds is 6. The molecule has 0 aliphatic heterocycles. The van der Waals surface area contributed by atoms with Gasteiger partial charge in [0.25, 0.3) is 5.91 Å². The van der Waals surface area contributed by atoms with Crippen LogP contribution in [-0.4, -0.2) is 38.8 Å². The van der Waals surface area contributed by atoms with Crippen molar-refractivity contribution in [3.05, 3.63) is 24.0 Å². The van der Waals surface area contributed by atoms with Crippen molar-refractivity contribution in [1.29, 1.82) is 0 Å². The highest BCUT2D eigenvalue weighted by Crippen LogP contribution is 2.25. The molecule has 0 saturated heterocycles. The minimum atomic E-state index is -0.601. The summed E-state index contributed by atoms with van der Waals surface area (Å²) in [7, 11) is 0. The van der Waals surface area contributed by atoms with Gasteiger partial charge in [-0.25, -0.2) is 9.07 Å². The Balaban J connectivity index is 2.21. The van der Waals surface area contributed by atoms with Crippen molar-refractivity contribution in [2.45, 2.75) is 39.8 Å². The number of carbonyl (C=O) groups excluding carboxylic acids is 1. The Labute approximate surface area is 133 Å². The first-order valence-corrected chi connectivity index (χ1v) is 7.44. The fourth-order valence-electron chi connectivity index (χ4n) is 2.06. The molecule has 2 rings (SSSR count). The second-order valence-electron chi connectivity index (χ2n) is 5.32. The Hall–Kier alpha value is -2.35. The van der Waals surface area contributed by atoms with Crippen LogP contribution in [0.2, 0.25) is 0 Å². The van der Waals surface area contributed by atoms with Gasteiger partial charge < -0.3 is 10.1 Å². The molecule has 0 fully saturated rings. The van der Waals surface area contributed by atoms with Crippen LogP contribution in [0.1, 0.15) is 33.7 Å². The number of tetrazole rings is 1. The highest BCUT2D eigenvalue weighted by molar-refractivity contribution is 5.94. The fraction of sp³-hybridized carbons (Fsp3) is 0.467. The Morgan fingerprint density at radius 2 is 2.13 bits per heavy atom. The zero-order chi connectivity index (χ0) is 17.0. The first-order valence-electron chi connectivity index (χ1n) is 7.44. The predicted octanol–water partition coefficient (Wildman–Crippen LogP) is 2.42. The number of halogens is 1. The number of hydrogen-bond acceptors (Lipinski definition) is 5. The maximum absolute atomic E-state index is 14.4. The third-order valence-electron chi connectivity index (χ3n) is 3.25. The Morgan fingerprint density at radius 1 is 1.39 bits per heavy atom. The van der Waals surface area contributed by atoms with Crippen LogP contribution in [-0.2, 0) is 9.53 Å². The van der Waals surface area contributed by atoms with Crippen LogP contribution >= 0.6 is 0 Å². The van der Waals surface area contributed by atoms with Gasteiger partial charge in [0.1, 0.15) is 11.9 Å². The van der Waals surface area contributed by atoms with Crippen molar-refractivity contribution < 1.29 is 13.9 Å². The van der Waals surface area contributed by atoms with Crippen molar-refractivity contribution in [2.24, 2.45) is 0 Å². The van der Waals surface area contributed by atoms with E-state index in [4.69, 9.17) is 4.74 Å². The van der Waals surface area contributed by atoms with Crippen LogP contribution in [0.25, 0.3) is 11.4 Å². The minimum Gasteiger partial charge on any atom is -0.369 e. The van der Waals surface area contributed by atoms with Crippen molar-refractivity contribution >= 4 is 11.6 Å². The number of nitrogens with one attached hydrogen (secondary N) is 1.